The van der Waals surface area contributed by atoms with Gasteiger partial charge in [-0.05, 0) is 32.5 Å². The molecule has 1 aromatic rings. The molecule has 0 fully saturated rings. The maximum atomic E-state index is 11.8. The quantitative estimate of drug-likeness (QED) is 0.806. The van der Waals surface area contributed by atoms with Crippen molar-refractivity contribution in [3.8, 4) is 5.75 Å². The predicted molar refractivity (Wildman–Crippen MR) is 64.8 cm³/mol. The van der Waals surface area contributed by atoms with E-state index in [4.69, 9.17) is 0 Å². The van der Waals surface area contributed by atoms with E-state index in [-0.39, 0.29) is 11.7 Å². The minimum absolute atomic E-state index is 0.00120. The molecule has 0 aliphatic heterocycles. The summed E-state index contributed by atoms with van der Waals surface area (Å²) in [7, 11) is 1.74. The van der Waals surface area contributed by atoms with Crippen molar-refractivity contribution >= 4 is 11.6 Å². The molecule has 0 radical (unpaired) electrons. The molecule has 0 bridgehead atoms. The van der Waals surface area contributed by atoms with Crippen molar-refractivity contribution in [2.75, 3.05) is 25.0 Å². The summed E-state index contributed by atoms with van der Waals surface area (Å²) in [5.74, 6) is 0.176. The van der Waals surface area contributed by atoms with Crippen LogP contribution in [0.2, 0.25) is 0 Å². The number of benzene rings is 1. The maximum Gasteiger partial charge on any atom is 0.240 e. The van der Waals surface area contributed by atoms with Gasteiger partial charge < -0.3 is 15.3 Å². The van der Waals surface area contributed by atoms with E-state index in [9.17, 15) is 9.90 Å². The fraction of sp³-hybridized carbons (Fsp3) is 0.417. The van der Waals surface area contributed by atoms with E-state index in [0.29, 0.717) is 13.1 Å². The third-order valence-corrected chi connectivity index (χ3v) is 2.43. The maximum absolute atomic E-state index is 11.8. The Balaban J connectivity index is 3.03. The molecular weight excluding hydrogens is 204 g/mol. The summed E-state index contributed by atoms with van der Waals surface area (Å²) >= 11 is 0. The molecular formula is C12H18N2O2. The number of likely N-dealkylation sites (N-methyl/N-ethyl adjacent to an activating group) is 2. The van der Waals surface area contributed by atoms with Gasteiger partial charge in [-0.1, -0.05) is 6.07 Å². The third-order valence-electron chi connectivity index (χ3n) is 2.43. The summed E-state index contributed by atoms with van der Waals surface area (Å²) < 4.78 is 0. The zero-order valence-electron chi connectivity index (χ0n) is 9.95. The Labute approximate surface area is 95.9 Å². The average molecular weight is 222 g/mol. The van der Waals surface area contributed by atoms with Crippen molar-refractivity contribution in [3.05, 3.63) is 23.8 Å². The number of hydrogen-bond acceptors (Lipinski definition) is 3. The molecule has 0 spiro atoms. The lowest BCUT2D eigenvalue weighted by atomic mass is 10.1. The number of phenolic OH excluding ortho intramolecular Hbond substituents is 1. The molecule has 4 heteroatoms. The van der Waals surface area contributed by atoms with E-state index in [1.165, 1.54) is 0 Å². The van der Waals surface area contributed by atoms with Crippen molar-refractivity contribution in [1.29, 1.82) is 0 Å². The zero-order chi connectivity index (χ0) is 12.1. The van der Waals surface area contributed by atoms with Gasteiger partial charge in [0.1, 0.15) is 5.75 Å². The lowest BCUT2D eigenvalue weighted by molar-refractivity contribution is -0.117. The molecule has 1 amide bonds. The van der Waals surface area contributed by atoms with E-state index < -0.39 is 0 Å². The summed E-state index contributed by atoms with van der Waals surface area (Å²) in [5.41, 5.74) is 1.74. The molecule has 0 saturated heterocycles. The molecule has 1 aromatic carbocycles. The molecule has 0 unspecified atom stereocenters. The molecule has 1 rings (SSSR count). The monoisotopic (exact) mass is 222 g/mol. The number of nitrogens with one attached hydrogen (secondary N) is 1. The number of carbonyl (C=O) groups is 1. The van der Waals surface area contributed by atoms with Crippen LogP contribution in [-0.4, -0.2) is 31.2 Å². The van der Waals surface area contributed by atoms with Crippen molar-refractivity contribution in [1.82, 2.24) is 5.32 Å². The second-order valence-corrected chi connectivity index (χ2v) is 3.64. The van der Waals surface area contributed by atoms with Gasteiger partial charge in [0, 0.05) is 12.6 Å². The Hall–Kier alpha value is -1.55. The standard InChI is InChI=1S/C12H18N2O2/c1-4-14(12(16)8-13-3)11-7-10(15)6-5-9(11)2/h5-7,13,15H,4,8H2,1-3H3. The molecule has 88 valence electrons. The molecule has 0 saturated carbocycles. The van der Waals surface area contributed by atoms with Gasteiger partial charge in [-0.25, -0.2) is 0 Å². The highest BCUT2D eigenvalue weighted by atomic mass is 16.3. The minimum Gasteiger partial charge on any atom is -0.508 e. The van der Waals surface area contributed by atoms with Crippen LogP contribution in [0, 0.1) is 6.92 Å². The summed E-state index contributed by atoms with van der Waals surface area (Å²) in [6.45, 7) is 4.72. The number of rotatable bonds is 4. The number of aromatic hydroxyl groups is 1. The van der Waals surface area contributed by atoms with E-state index in [2.05, 4.69) is 5.32 Å². The Bertz CT molecular complexity index is 377. The lowest BCUT2D eigenvalue weighted by Crippen LogP contribution is -2.37. The van der Waals surface area contributed by atoms with Gasteiger partial charge in [0.15, 0.2) is 0 Å². The number of carbonyl (C=O) groups excluding carboxylic acids is 1. The van der Waals surface area contributed by atoms with Crippen molar-refractivity contribution in [2.45, 2.75) is 13.8 Å². The van der Waals surface area contributed by atoms with Gasteiger partial charge in [-0.15, -0.1) is 0 Å². The second-order valence-electron chi connectivity index (χ2n) is 3.64. The van der Waals surface area contributed by atoms with Gasteiger partial charge in [0.05, 0.1) is 12.2 Å². The van der Waals surface area contributed by atoms with Gasteiger partial charge in [-0.3, -0.25) is 4.79 Å². The number of aryl methyl sites for hydroxylation is 1. The molecule has 4 nitrogen and oxygen atoms in total. The first-order valence-electron chi connectivity index (χ1n) is 5.34. The summed E-state index contributed by atoms with van der Waals surface area (Å²) in [4.78, 5) is 13.5. The highest BCUT2D eigenvalue weighted by molar-refractivity contribution is 5.95. The first kappa shape index (κ1) is 12.5. The molecule has 0 aliphatic carbocycles. The molecule has 0 atom stereocenters. The van der Waals surface area contributed by atoms with Crippen LogP contribution in [0.5, 0.6) is 5.75 Å². The number of amides is 1. The van der Waals surface area contributed by atoms with Crippen LogP contribution in [0.3, 0.4) is 0 Å². The van der Waals surface area contributed by atoms with Crippen LogP contribution < -0.4 is 10.2 Å². The number of anilines is 1. The lowest BCUT2D eigenvalue weighted by Gasteiger charge is -2.23. The molecule has 0 aromatic heterocycles. The zero-order valence-corrected chi connectivity index (χ0v) is 9.95. The van der Waals surface area contributed by atoms with E-state index in [0.717, 1.165) is 11.3 Å². The molecule has 0 aliphatic rings. The topological polar surface area (TPSA) is 52.6 Å². The second kappa shape index (κ2) is 5.51. The van der Waals surface area contributed by atoms with Crippen molar-refractivity contribution in [3.63, 3.8) is 0 Å². The summed E-state index contributed by atoms with van der Waals surface area (Å²) in [6.07, 6.45) is 0. The number of hydrogen-bond donors (Lipinski definition) is 2. The number of phenols is 1. The fourth-order valence-corrected chi connectivity index (χ4v) is 1.62. The van der Waals surface area contributed by atoms with Crippen molar-refractivity contribution in [2.24, 2.45) is 0 Å². The minimum atomic E-state index is -0.00120. The Morgan fingerprint density at radius 3 is 2.75 bits per heavy atom. The first-order valence-corrected chi connectivity index (χ1v) is 5.34. The Morgan fingerprint density at radius 1 is 1.50 bits per heavy atom. The van der Waals surface area contributed by atoms with E-state index in [1.54, 1.807) is 30.1 Å². The van der Waals surface area contributed by atoms with Gasteiger partial charge in [0.25, 0.3) is 0 Å². The Morgan fingerprint density at radius 2 is 2.19 bits per heavy atom. The SMILES string of the molecule is CCN(C(=O)CNC)c1cc(O)ccc1C. The summed E-state index contributed by atoms with van der Waals surface area (Å²) in [6, 6.07) is 5.04. The smallest absolute Gasteiger partial charge is 0.240 e. The summed E-state index contributed by atoms with van der Waals surface area (Å²) in [5, 5.41) is 12.3. The first-order chi connectivity index (χ1) is 7.60. The molecule has 0 heterocycles. The highest BCUT2D eigenvalue weighted by Gasteiger charge is 2.15. The number of nitrogens with zero attached hydrogens (tertiary/aromatic N) is 1. The van der Waals surface area contributed by atoms with Gasteiger partial charge in [-0.2, -0.15) is 0 Å². The highest BCUT2D eigenvalue weighted by Crippen LogP contribution is 2.24. The van der Waals surface area contributed by atoms with E-state index in [1.807, 2.05) is 13.8 Å². The van der Waals surface area contributed by atoms with Crippen LogP contribution in [0.1, 0.15) is 12.5 Å². The van der Waals surface area contributed by atoms with Gasteiger partial charge in [0.2, 0.25) is 5.91 Å². The molecule has 2 N–H and O–H groups in total. The van der Waals surface area contributed by atoms with Crippen molar-refractivity contribution < 1.29 is 9.90 Å². The fourth-order valence-electron chi connectivity index (χ4n) is 1.62. The third kappa shape index (κ3) is 2.73. The Kier molecular flexibility index (Phi) is 4.31. The van der Waals surface area contributed by atoms with Crippen LogP contribution in [0.25, 0.3) is 0 Å². The molecule has 16 heavy (non-hydrogen) atoms. The van der Waals surface area contributed by atoms with Gasteiger partial charge >= 0.3 is 0 Å². The van der Waals surface area contributed by atoms with Crippen LogP contribution in [0.15, 0.2) is 18.2 Å². The largest absolute Gasteiger partial charge is 0.508 e. The average Bonchev–Trinajstić information content (AvgIpc) is 2.24. The van der Waals surface area contributed by atoms with Crippen LogP contribution >= 0.6 is 0 Å². The normalized spacial score (nSPS) is 10.2. The van der Waals surface area contributed by atoms with Crippen LogP contribution in [-0.2, 0) is 4.79 Å². The van der Waals surface area contributed by atoms with Crippen LogP contribution in [0.4, 0.5) is 5.69 Å². The predicted octanol–water partition coefficient (Wildman–Crippen LogP) is 1.27. The van der Waals surface area contributed by atoms with E-state index >= 15 is 0 Å².